The van der Waals surface area contributed by atoms with Crippen molar-refractivity contribution in [3.8, 4) is 5.75 Å². The maximum absolute atomic E-state index is 13.9. The predicted octanol–water partition coefficient (Wildman–Crippen LogP) is 4.09. The Morgan fingerprint density at radius 1 is 1.12 bits per heavy atom. The van der Waals surface area contributed by atoms with Crippen LogP contribution in [0.1, 0.15) is 27.9 Å². The largest absolute Gasteiger partial charge is 0.490 e. The maximum atomic E-state index is 13.9. The van der Waals surface area contributed by atoms with E-state index in [1.165, 1.54) is 6.07 Å². The lowest BCUT2D eigenvalue weighted by Gasteiger charge is -2.11. The number of hydrogen-bond donors (Lipinski definition) is 1. The molecule has 0 heterocycles. The Kier molecular flexibility index (Phi) is 5.61. The molecule has 25 heavy (non-hydrogen) atoms. The highest BCUT2D eigenvalue weighted by molar-refractivity contribution is 5.93. The highest BCUT2D eigenvalue weighted by Gasteiger charge is 2.30. The molecule has 0 fully saturated rings. The van der Waals surface area contributed by atoms with Crippen LogP contribution < -0.4 is 10.5 Å². The Labute approximate surface area is 140 Å². The van der Waals surface area contributed by atoms with Gasteiger partial charge in [0, 0.05) is 0 Å². The molecule has 1 amide bonds. The zero-order chi connectivity index (χ0) is 18.6. The van der Waals surface area contributed by atoms with Crippen LogP contribution in [0.4, 0.5) is 22.0 Å². The van der Waals surface area contributed by atoms with Gasteiger partial charge >= 0.3 is 6.18 Å². The number of hydrogen-bond acceptors (Lipinski definition) is 2. The molecule has 8 heteroatoms. The van der Waals surface area contributed by atoms with Crippen molar-refractivity contribution in [2.75, 3.05) is 6.61 Å². The molecule has 0 saturated heterocycles. The molecule has 3 nitrogen and oxygen atoms in total. The molecular formula is C17H14F5NO2. The summed E-state index contributed by atoms with van der Waals surface area (Å²) in [4.78, 5) is 11.0. The average molecular weight is 359 g/mol. The maximum Gasteiger partial charge on any atom is 0.416 e. The number of aryl methyl sites for hydroxylation is 1. The Morgan fingerprint density at radius 3 is 2.48 bits per heavy atom. The first-order chi connectivity index (χ1) is 11.7. The smallest absolute Gasteiger partial charge is 0.416 e. The lowest BCUT2D eigenvalue weighted by atomic mass is 10.1. The van der Waals surface area contributed by atoms with Crippen LogP contribution in [0.2, 0.25) is 0 Å². The van der Waals surface area contributed by atoms with Crippen molar-refractivity contribution in [1.82, 2.24) is 0 Å². The number of benzene rings is 2. The lowest BCUT2D eigenvalue weighted by molar-refractivity contribution is -0.137. The van der Waals surface area contributed by atoms with Gasteiger partial charge in [0.2, 0.25) is 0 Å². The minimum absolute atomic E-state index is 0.0308. The molecule has 0 spiro atoms. The molecule has 0 radical (unpaired) electrons. The standard InChI is InChI=1S/C17H14F5NO2/c18-12-6-7-13(15(19)14(12)16(23)24)25-8-2-4-10-3-1-5-11(9-10)17(20,21)22/h1,3,5-7,9H,2,4,8H2,(H2,23,24). The van der Waals surface area contributed by atoms with E-state index in [-0.39, 0.29) is 18.8 Å². The number of carbonyl (C=O) groups is 1. The number of primary amides is 1. The van der Waals surface area contributed by atoms with Crippen molar-refractivity contribution >= 4 is 5.91 Å². The Hall–Kier alpha value is -2.64. The minimum Gasteiger partial charge on any atom is -0.490 e. The fourth-order valence-corrected chi connectivity index (χ4v) is 2.23. The fraction of sp³-hybridized carbons (Fsp3) is 0.235. The third kappa shape index (κ3) is 4.68. The van der Waals surface area contributed by atoms with Gasteiger partial charge in [-0.1, -0.05) is 18.2 Å². The first-order valence-corrected chi connectivity index (χ1v) is 7.27. The van der Waals surface area contributed by atoms with E-state index in [0.29, 0.717) is 12.0 Å². The molecule has 0 atom stereocenters. The first-order valence-electron chi connectivity index (χ1n) is 7.27. The third-order valence-electron chi connectivity index (χ3n) is 3.42. The molecule has 134 valence electrons. The van der Waals surface area contributed by atoms with Crippen LogP contribution >= 0.6 is 0 Å². The van der Waals surface area contributed by atoms with Crippen molar-refractivity contribution in [1.29, 1.82) is 0 Å². The van der Waals surface area contributed by atoms with Crippen molar-refractivity contribution < 1.29 is 31.5 Å². The van der Waals surface area contributed by atoms with Gasteiger partial charge in [0.25, 0.3) is 5.91 Å². The lowest BCUT2D eigenvalue weighted by Crippen LogP contribution is -2.16. The fourth-order valence-electron chi connectivity index (χ4n) is 2.23. The van der Waals surface area contributed by atoms with E-state index < -0.39 is 34.8 Å². The highest BCUT2D eigenvalue weighted by Crippen LogP contribution is 2.29. The van der Waals surface area contributed by atoms with Crippen LogP contribution in [-0.4, -0.2) is 12.5 Å². The summed E-state index contributed by atoms with van der Waals surface area (Å²) < 4.78 is 70.3. The number of nitrogens with two attached hydrogens (primary N) is 1. The zero-order valence-electron chi connectivity index (χ0n) is 12.9. The van der Waals surface area contributed by atoms with Crippen molar-refractivity contribution in [2.24, 2.45) is 5.73 Å². The van der Waals surface area contributed by atoms with Crippen molar-refractivity contribution in [2.45, 2.75) is 19.0 Å². The summed E-state index contributed by atoms with van der Waals surface area (Å²) >= 11 is 0. The van der Waals surface area contributed by atoms with Crippen molar-refractivity contribution in [3.63, 3.8) is 0 Å². The third-order valence-corrected chi connectivity index (χ3v) is 3.42. The van der Waals surface area contributed by atoms with E-state index in [1.807, 2.05) is 0 Å². The average Bonchev–Trinajstić information content (AvgIpc) is 2.52. The second-order valence-electron chi connectivity index (χ2n) is 5.25. The van der Waals surface area contributed by atoms with Crippen LogP contribution in [-0.2, 0) is 12.6 Å². The summed E-state index contributed by atoms with van der Waals surface area (Å²) in [6.45, 7) is -0.0308. The van der Waals surface area contributed by atoms with Gasteiger partial charge in [-0.2, -0.15) is 13.2 Å². The van der Waals surface area contributed by atoms with Crippen LogP contribution in [0.15, 0.2) is 36.4 Å². The predicted molar refractivity (Wildman–Crippen MR) is 80.1 cm³/mol. The summed E-state index contributed by atoms with van der Waals surface area (Å²) in [5.74, 6) is -3.91. The van der Waals surface area contributed by atoms with Crippen LogP contribution in [0.25, 0.3) is 0 Å². The molecule has 0 aliphatic carbocycles. The van der Waals surface area contributed by atoms with E-state index in [4.69, 9.17) is 10.5 Å². The van der Waals surface area contributed by atoms with Crippen LogP contribution in [0, 0.1) is 11.6 Å². The molecule has 2 rings (SSSR count). The number of rotatable bonds is 6. The molecular weight excluding hydrogens is 345 g/mol. The topological polar surface area (TPSA) is 52.3 Å². The SMILES string of the molecule is NC(=O)c1c(F)ccc(OCCCc2cccc(C(F)(F)F)c2)c1F. The number of halogens is 5. The summed E-state index contributed by atoms with van der Waals surface area (Å²) in [5, 5.41) is 0. The first kappa shape index (κ1) is 18.7. The molecule has 2 aromatic rings. The van der Waals surface area contributed by atoms with E-state index in [1.54, 1.807) is 6.07 Å². The Morgan fingerprint density at radius 2 is 1.84 bits per heavy atom. The minimum atomic E-state index is -4.42. The molecule has 2 aromatic carbocycles. The van der Waals surface area contributed by atoms with E-state index in [0.717, 1.165) is 24.3 Å². The summed E-state index contributed by atoms with van der Waals surface area (Å²) in [6.07, 6.45) is -3.85. The molecule has 0 aromatic heterocycles. The van der Waals surface area contributed by atoms with Gasteiger partial charge in [-0.3, -0.25) is 4.79 Å². The van der Waals surface area contributed by atoms with Crippen molar-refractivity contribution in [3.05, 3.63) is 64.7 Å². The van der Waals surface area contributed by atoms with E-state index in [9.17, 15) is 26.7 Å². The number of amides is 1. The highest BCUT2D eigenvalue weighted by atomic mass is 19.4. The van der Waals surface area contributed by atoms with Gasteiger partial charge < -0.3 is 10.5 Å². The van der Waals surface area contributed by atoms with Gasteiger partial charge in [-0.05, 0) is 36.6 Å². The van der Waals surface area contributed by atoms with Gasteiger partial charge in [-0.25, -0.2) is 8.78 Å². The summed E-state index contributed by atoms with van der Waals surface area (Å²) in [7, 11) is 0. The molecule has 0 saturated carbocycles. The van der Waals surface area contributed by atoms with Gasteiger partial charge in [0.1, 0.15) is 11.4 Å². The second-order valence-corrected chi connectivity index (χ2v) is 5.25. The van der Waals surface area contributed by atoms with E-state index >= 15 is 0 Å². The van der Waals surface area contributed by atoms with Gasteiger partial charge in [0.15, 0.2) is 11.6 Å². The second kappa shape index (κ2) is 7.50. The van der Waals surface area contributed by atoms with E-state index in [2.05, 4.69) is 0 Å². The monoisotopic (exact) mass is 359 g/mol. The van der Waals surface area contributed by atoms with Crippen LogP contribution in [0.3, 0.4) is 0 Å². The Bertz CT molecular complexity index is 774. The number of alkyl halides is 3. The quantitative estimate of drug-likeness (QED) is 0.624. The summed E-state index contributed by atoms with van der Waals surface area (Å²) in [6, 6.07) is 6.71. The normalized spacial score (nSPS) is 11.4. The van der Waals surface area contributed by atoms with Gasteiger partial charge in [0.05, 0.1) is 12.2 Å². The molecule has 0 aliphatic heterocycles. The zero-order valence-corrected chi connectivity index (χ0v) is 12.9. The molecule has 0 bridgehead atoms. The van der Waals surface area contributed by atoms with Gasteiger partial charge in [-0.15, -0.1) is 0 Å². The summed E-state index contributed by atoms with van der Waals surface area (Å²) in [5.41, 5.74) is 3.71. The Balaban J connectivity index is 1.96. The van der Waals surface area contributed by atoms with Crippen LogP contribution in [0.5, 0.6) is 5.75 Å². The molecule has 0 aliphatic rings. The molecule has 0 unspecified atom stereocenters. The number of carbonyl (C=O) groups excluding carboxylic acids is 1. The number of ether oxygens (including phenoxy) is 1. The molecule has 2 N–H and O–H groups in total.